The summed E-state index contributed by atoms with van der Waals surface area (Å²) in [6, 6.07) is 1.49. The molecule has 4 aromatic heterocycles. The van der Waals surface area contributed by atoms with Gasteiger partial charge in [0.25, 0.3) is 0 Å². The molecule has 5 aromatic rings. The molecule has 1 aliphatic heterocycles. The van der Waals surface area contributed by atoms with Crippen LogP contribution in [0.25, 0.3) is 28.0 Å². The first-order valence-electron chi connectivity index (χ1n) is 18.9. The fourth-order valence-corrected chi connectivity index (χ4v) is 8.38. The van der Waals surface area contributed by atoms with Gasteiger partial charge in [-0.25, -0.2) is 43.5 Å². The topological polar surface area (TPSA) is 199 Å². The Balaban J connectivity index is 1.29. The summed E-state index contributed by atoms with van der Waals surface area (Å²) in [5, 5.41) is 6.79. The lowest BCUT2D eigenvalue weighted by molar-refractivity contribution is -0.174. The number of aromatic nitrogens is 8. The van der Waals surface area contributed by atoms with Crippen molar-refractivity contribution in [1.82, 2.24) is 39.0 Å². The molecule has 3 aliphatic rings. The molecule has 57 heavy (non-hydrogen) atoms. The number of nitrogens with zero attached hydrogens (tertiary/aromatic N) is 8. The molecule has 4 atom stereocenters. The fraction of sp³-hybridized carbons (Fsp3) is 0.500. The molecule has 300 valence electrons. The zero-order valence-corrected chi connectivity index (χ0v) is 32.0. The Labute approximate surface area is 324 Å². The lowest BCUT2D eigenvalue weighted by Gasteiger charge is -2.37. The number of anilines is 2. The number of nitrogens with one attached hydrogen (secondary N) is 2. The molecule has 3 fully saturated rings. The quantitative estimate of drug-likeness (QED) is 0.126. The molecule has 2 aliphatic carbocycles. The van der Waals surface area contributed by atoms with E-state index in [1.807, 2.05) is 0 Å². The number of rotatable bonds is 10. The lowest BCUT2D eigenvalue weighted by atomic mass is 9.79. The van der Waals surface area contributed by atoms with Crippen LogP contribution in [0.1, 0.15) is 107 Å². The number of ether oxygens (including phenoxy) is 4. The van der Waals surface area contributed by atoms with Crippen molar-refractivity contribution >= 4 is 51.9 Å². The smallest absolute Gasteiger partial charge is 0.338 e. The monoisotopic (exact) mass is 788 g/mol. The van der Waals surface area contributed by atoms with Gasteiger partial charge >= 0.3 is 17.9 Å². The summed E-state index contributed by atoms with van der Waals surface area (Å²) in [5.41, 5.74) is -5.05. The Kier molecular flexibility index (Phi) is 9.73. The van der Waals surface area contributed by atoms with Crippen LogP contribution in [0, 0.1) is 5.82 Å². The number of imidazole rings is 2. The van der Waals surface area contributed by atoms with E-state index >= 15 is 8.78 Å². The van der Waals surface area contributed by atoms with Crippen LogP contribution in [-0.2, 0) is 23.8 Å². The van der Waals surface area contributed by atoms with Gasteiger partial charge in [-0.15, -0.1) is 0 Å². The second-order valence-electron chi connectivity index (χ2n) is 15.0. The van der Waals surface area contributed by atoms with Gasteiger partial charge < -0.3 is 29.6 Å². The van der Waals surface area contributed by atoms with Gasteiger partial charge in [-0.1, -0.05) is 25.7 Å². The molecular weight excluding hydrogens is 746 g/mol. The van der Waals surface area contributed by atoms with Crippen molar-refractivity contribution in [2.75, 3.05) is 17.7 Å². The summed E-state index contributed by atoms with van der Waals surface area (Å²) in [5.74, 6) is -3.96. The van der Waals surface area contributed by atoms with E-state index in [0.29, 0.717) is 22.7 Å². The van der Waals surface area contributed by atoms with Crippen molar-refractivity contribution in [3.05, 3.63) is 48.3 Å². The zero-order valence-electron chi connectivity index (χ0n) is 32.0. The summed E-state index contributed by atoms with van der Waals surface area (Å²) in [6.45, 7) is 4.51. The van der Waals surface area contributed by atoms with E-state index in [1.165, 1.54) is 41.4 Å². The van der Waals surface area contributed by atoms with Crippen LogP contribution in [0.2, 0.25) is 0 Å². The normalized spacial score (nSPS) is 24.0. The Bertz CT molecular complexity index is 2390. The van der Waals surface area contributed by atoms with Crippen LogP contribution in [0.5, 0.6) is 5.75 Å². The largest absolute Gasteiger partial charge is 0.465 e. The number of fused-ring (bicyclic) bond motifs is 2. The van der Waals surface area contributed by atoms with E-state index in [-0.39, 0.29) is 34.6 Å². The van der Waals surface area contributed by atoms with Crippen LogP contribution in [-0.4, -0.2) is 87.4 Å². The molecule has 0 amide bonds. The van der Waals surface area contributed by atoms with Crippen LogP contribution < -0.4 is 15.4 Å². The highest BCUT2D eigenvalue weighted by atomic mass is 19.1. The molecule has 5 heterocycles. The SMILES string of the molecule is COC(=O)c1cc(-n2cnc3c(NC4CCCC4)ncnc32)c(F)c(OC(C)=O)c1[C@H]1O[C@@H](n2cnc3c(NC4CCCC4)ncnc32)[C@](C)(F)[C@@]1(C)OC(C)=O. The van der Waals surface area contributed by atoms with Crippen molar-refractivity contribution in [3.63, 3.8) is 0 Å². The average Bonchev–Trinajstić information content (AvgIpc) is 4.02. The summed E-state index contributed by atoms with van der Waals surface area (Å²) in [6.07, 6.45) is 9.88. The number of halogens is 2. The molecule has 19 heteroatoms. The van der Waals surface area contributed by atoms with Crippen molar-refractivity contribution in [2.45, 2.75) is 115 Å². The van der Waals surface area contributed by atoms with Crippen molar-refractivity contribution < 1.29 is 42.1 Å². The van der Waals surface area contributed by atoms with Crippen molar-refractivity contribution in [1.29, 1.82) is 0 Å². The Morgan fingerprint density at radius 2 is 1.42 bits per heavy atom. The molecule has 2 saturated carbocycles. The molecule has 17 nitrogen and oxygen atoms in total. The maximum atomic E-state index is 17.8. The number of carbonyl (C=O) groups excluding carboxylic acids is 3. The number of carbonyl (C=O) groups is 3. The van der Waals surface area contributed by atoms with E-state index in [1.54, 1.807) is 0 Å². The first-order chi connectivity index (χ1) is 27.3. The molecule has 0 radical (unpaired) electrons. The van der Waals surface area contributed by atoms with E-state index in [4.69, 9.17) is 18.9 Å². The van der Waals surface area contributed by atoms with Gasteiger partial charge in [0.2, 0.25) is 0 Å². The number of alkyl halides is 1. The van der Waals surface area contributed by atoms with Gasteiger partial charge in [0.15, 0.2) is 63.0 Å². The highest BCUT2D eigenvalue weighted by Gasteiger charge is 2.68. The third kappa shape index (κ3) is 6.46. The van der Waals surface area contributed by atoms with E-state index < -0.39 is 58.6 Å². The van der Waals surface area contributed by atoms with E-state index in [0.717, 1.165) is 85.3 Å². The standard InChI is InChI=1S/C38H42F2N10O7/c1-19(51)55-29-25(23(35(53)54-5)14-24(26(29)39)49-17-45-27-31(41-15-43-33(27)49)47-21-10-6-7-11-21)30-38(4,57-20(2)52)37(3,40)36(56-30)50-18-46-28-32(42-16-44-34(28)50)48-22-12-8-9-13-22/h14-18,21-22,30,36H,6-13H2,1-5H3,(H,41,43,47)(H,42,44,48)/t30-,36-,37+,38+/m1/s1. The van der Waals surface area contributed by atoms with E-state index in [2.05, 4.69) is 40.5 Å². The van der Waals surface area contributed by atoms with Crippen molar-refractivity contribution in [3.8, 4) is 11.4 Å². The van der Waals surface area contributed by atoms with Gasteiger partial charge in [0.05, 0.1) is 24.7 Å². The molecule has 1 saturated heterocycles. The minimum atomic E-state index is -2.64. The molecule has 1 aromatic carbocycles. The van der Waals surface area contributed by atoms with Crippen LogP contribution in [0.3, 0.4) is 0 Å². The second kappa shape index (κ2) is 14.6. The first-order valence-corrected chi connectivity index (χ1v) is 18.9. The fourth-order valence-electron chi connectivity index (χ4n) is 8.38. The molecule has 0 spiro atoms. The maximum absolute atomic E-state index is 17.8. The van der Waals surface area contributed by atoms with Crippen molar-refractivity contribution in [2.24, 2.45) is 0 Å². The third-order valence-electron chi connectivity index (χ3n) is 11.3. The number of hydrogen-bond donors (Lipinski definition) is 2. The van der Waals surface area contributed by atoms with Gasteiger partial charge in [0, 0.05) is 31.5 Å². The third-order valence-corrected chi connectivity index (χ3v) is 11.3. The molecule has 0 bridgehead atoms. The number of methoxy groups -OCH3 is 1. The summed E-state index contributed by atoms with van der Waals surface area (Å²) >= 11 is 0. The Hall–Kier alpha value is -5.85. The van der Waals surface area contributed by atoms with Gasteiger partial charge in [-0.3, -0.25) is 18.7 Å². The van der Waals surface area contributed by atoms with Crippen LogP contribution in [0.4, 0.5) is 20.4 Å². The van der Waals surface area contributed by atoms with Gasteiger partial charge in [0.1, 0.15) is 25.1 Å². The predicted octanol–water partition coefficient (Wildman–Crippen LogP) is 5.84. The lowest BCUT2D eigenvalue weighted by Crippen LogP contribution is -2.51. The van der Waals surface area contributed by atoms with Crippen LogP contribution >= 0.6 is 0 Å². The number of benzene rings is 1. The molecule has 0 unspecified atom stereocenters. The maximum Gasteiger partial charge on any atom is 0.338 e. The van der Waals surface area contributed by atoms with Crippen LogP contribution in [0.15, 0.2) is 31.4 Å². The van der Waals surface area contributed by atoms with Gasteiger partial charge in [-0.05, 0) is 45.6 Å². The summed E-state index contributed by atoms with van der Waals surface area (Å²) < 4.78 is 60.6. The predicted molar refractivity (Wildman–Crippen MR) is 199 cm³/mol. The molecule has 2 N–H and O–H groups in total. The van der Waals surface area contributed by atoms with Gasteiger partial charge in [-0.2, -0.15) is 0 Å². The number of esters is 3. The minimum Gasteiger partial charge on any atom is -0.465 e. The highest BCUT2D eigenvalue weighted by Crippen LogP contribution is 2.59. The van der Waals surface area contributed by atoms with E-state index in [9.17, 15) is 14.4 Å². The number of hydrogen-bond acceptors (Lipinski definition) is 15. The summed E-state index contributed by atoms with van der Waals surface area (Å²) in [4.78, 5) is 65.8. The average molecular weight is 789 g/mol. The molecule has 8 rings (SSSR count). The second-order valence-corrected chi connectivity index (χ2v) is 15.0. The first kappa shape index (κ1) is 38.0. The summed E-state index contributed by atoms with van der Waals surface area (Å²) in [7, 11) is 1.10. The zero-order chi connectivity index (χ0) is 40.2. The molecular formula is C38H42F2N10O7. The highest BCUT2D eigenvalue weighted by molar-refractivity contribution is 5.94. The Morgan fingerprint density at radius 1 is 0.842 bits per heavy atom. The Morgan fingerprint density at radius 3 is 2.00 bits per heavy atom. The minimum absolute atomic E-state index is 0.177.